The molecule has 26 heavy (non-hydrogen) atoms. The van der Waals surface area contributed by atoms with Gasteiger partial charge in [0, 0.05) is 18.8 Å². The minimum Gasteiger partial charge on any atom is -0.399 e. The van der Waals surface area contributed by atoms with Gasteiger partial charge in [-0.05, 0) is 42.0 Å². The molecule has 5 nitrogen and oxygen atoms in total. The molecule has 2 bridgehead atoms. The van der Waals surface area contributed by atoms with Crippen LogP contribution in [0.3, 0.4) is 0 Å². The number of rotatable bonds is 1. The minimum atomic E-state index is -1.68. The first-order chi connectivity index (χ1) is 12.6. The van der Waals surface area contributed by atoms with E-state index in [4.69, 9.17) is 5.73 Å². The summed E-state index contributed by atoms with van der Waals surface area (Å²) < 4.78 is 13.5. The highest BCUT2D eigenvalue weighted by atomic mass is 19.1. The first-order valence-electron chi connectivity index (χ1n) is 8.55. The van der Waals surface area contributed by atoms with Crippen molar-refractivity contribution >= 4 is 0 Å². The fourth-order valence-corrected chi connectivity index (χ4v) is 4.62. The zero-order valence-corrected chi connectivity index (χ0v) is 14.0. The molecule has 3 heterocycles. The van der Waals surface area contributed by atoms with Crippen LogP contribution in [0, 0.1) is 51.1 Å². The number of nitriles is 3. The van der Waals surface area contributed by atoms with Crippen LogP contribution in [0.2, 0.25) is 0 Å². The molecule has 1 saturated heterocycles. The van der Waals surface area contributed by atoms with Gasteiger partial charge in [-0.3, -0.25) is 0 Å². The van der Waals surface area contributed by atoms with E-state index in [0.717, 1.165) is 37.2 Å². The van der Waals surface area contributed by atoms with Crippen molar-refractivity contribution in [3.63, 3.8) is 0 Å². The molecule has 0 radical (unpaired) electrons. The highest BCUT2D eigenvalue weighted by Crippen LogP contribution is 2.56. The van der Waals surface area contributed by atoms with Crippen molar-refractivity contribution in [1.29, 1.82) is 15.8 Å². The summed E-state index contributed by atoms with van der Waals surface area (Å²) in [6.07, 6.45) is 1.86. The molecular weight excluding hydrogens is 329 g/mol. The Hall–Kier alpha value is -3.30. The third-order valence-corrected chi connectivity index (χ3v) is 5.86. The average Bonchev–Trinajstić information content (AvgIpc) is 2.69. The number of fused-ring (bicyclic) bond motifs is 2. The van der Waals surface area contributed by atoms with E-state index in [1.165, 1.54) is 12.1 Å². The number of piperidine rings is 1. The van der Waals surface area contributed by atoms with E-state index >= 15 is 0 Å². The highest BCUT2D eigenvalue weighted by molar-refractivity contribution is 5.63. The smallest absolute Gasteiger partial charge is 0.196 e. The van der Waals surface area contributed by atoms with Gasteiger partial charge in [-0.2, -0.15) is 15.8 Å². The number of halogens is 1. The normalized spacial score (nSPS) is 23.9. The predicted molar refractivity (Wildman–Crippen MR) is 90.9 cm³/mol. The largest absolute Gasteiger partial charge is 0.399 e. The molecule has 1 atom stereocenters. The summed E-state index contributed by atoms with van der Waals surface area (Å²) in [4.78, 5) is 2.16. The molecule has 0 saturated carbocycles. The molecule has 128 valence electrons. The maximum absolute atomic E-state index is 13.5. The van der Waals surface area contributed by atoms with Gasteiger partial charge in [0.05, 0.1) is 29.3 Å². The van der Waals surface area contributed by atoms with Crippen LogP contribution in [0.4, 0.5) is 4.39 Å². The van der Waals surface area contributed by atoms with Gasteiger partial charge >= 0.3 is 0 Å². The van der Waals surface area contributed by atoms with E-state index < -0.39 is 11.3 Å². The summed E-state index contributed by atoms with van der Waals surface area (Å²) >= 11 is 0. The topological polar surface area (TPSA) is 101 Å². The zero-order chi connectivity index (χ0) is 18.5. The van der Waals surface area contributed by atoms with Crippen LogP contribution < -0.4 is 5.73 Å². The standard InChI is InChI=1S/C20H16FN5/c21-14-3-1-13(2-4-14)17-18-16(12-5-7-26(18)8-6-12)15(9-22)19(25)20(17,10-23)11-24/h1-4,12,17H,5-8,25H2. The molecule has 1 aromatic rings. The van der Waals surface area contributed by atoms with Crippen molar-refractivity contribution < 1.29 is 4.39 Å². The number of nitrogens with zero attached hydrogens (tertiary/aromatic N) is 4. The van der Waals surface area contributed by atoms with Gasteiger partial charge in [-0.1, -0.05) is 12.1 Å². The summed E-state index contributed by atoms with van der Waals surface area (Å²) in [6, 6.07) is 12.2. The van der Waals surface area contributed by atoms with Crippen LogP contribution in [0.5, 0.6) is 0 Å². The molecule has 0 aromatic heterocycles. The van der Waals surface area contributed by atoms with Gasteiger partial charge in [0.2, 0.25) is 0 Å². The second-order valence-corrected chi connectivity index (χ2v) is 6.98. The SMILES string of the molecule is N#CC1=C(N)C(C#N)(C#N)C(c2ccc(F)cc2)C2=C1C1CCN2CC1. The molecule has 1 unspecified atom stereocenters. The molecule has 1 aromatic carbocycles. The van der Waals surface area contributed by atoms with E-state index in [1.54, 1.807) is 12.1 Å². The molecule has 4 aliphatic rings. The maximum Gasteiger partial charge on any atom is 0.196 e. The fraction of sp³-hybridized carbons (Fsp3) is 0.350. The van der Waals surface area contributed by atoms with Crippen LogP contribution in [0.25, 0.3) is 0 Å². The maximum atomic E-state index is 13.5. The number of nitrogens with two attached hydrogens (primary N) is 1. The first-order valence-corrected chi connectivity index (χ1v) is 8.55. The Kier molecular flexibility index (Phi) is 3.49. The molecule has 0 spiro atoms. The predicted octanol–water partition coefficient (Wildman–Crippen LogP) is 2.67. The minimum absolute atomic E-state index is 0.0202. The lowest BCUT2D eigenvalue weighted by molar-refractivity contribution is 0.181. The summed E-state index contributed by atoms with van der Waals surface area (Å²) in [5.74, 6) is -0.806. The Bertz CT molecular complexity index is 945. The van der Waals surface area contributed by atoms with Crippen LogP contribution in [-0.2, 0) is 0 Å². The Morgan fingerprint density at radius 3 is 2.23 bits per heavy atom. The van der Waals surface area contributed by atoms with Crippen LogP contribution in [0.1, 0.15) is 24.3 Å². The second kappa shape index (κ2) is 5.61. The molecule has 2 N–H and O–H groups in total. The molecule has 1 fully saturated rings. The molecule has 6 heteroatoms. The van der Waals surface area contributed by atoms with E-state index in [-0.39, 0.29) is 23.0 Å². The van der Waals surface area contributed by atoms with E-state index in [2.05, 4.69) is 23.1 Å². The Morgan fingerprint density at radius 2 is 1.69 bits per heavy atom. The average molecular weight is 345 g/mol. The number of hydrogen-bond acceptors (Lipinski definition) is 5. The van der Waals surface area contributed by atoms with Gasteiger partial charge in [0.25, 0.3) is 0 Å². The van der Waals surface area contributed by atoms with Gasteiger partial charge in [-0.25, -0.2) is 4.39 Å². The van der Waals surface area contributed by atoms with Crippen molar-refractivity contribution in [3.8, 4) is 18.2 Å². The van der Waals surface area contributed by atoms with Crippen molar-refractivity contribution in [1.82, 2.24) is 4.90 Å². The Labute approximate surface area is 151 Å². The third kappa shape index (κ3) is 1.92. The number of allylic oxidation sites excluding steroid dienone is 4. The summed E-state index contributed by atoms with van der Waals surface area (Å²) in [5.41, 5.74) is 7.26. The van der Waals surface area contributed by atoms with Crippen LogP contribution >= 0.6 is 0 Å². The van der Waals surface area contributed by atoms with Gasteiger partial charge in [-0.15, -0.1) is 0 Å². The van der Waals surface area contributed by atoms with Crippen LogP contribution in [0.15, 0.2) is 46.8 Å². The zero-order valence-electron chi connectivity index (χ0n) is 14.0. The van der Waals surface area contributed by atoms with Gasteiger partial charge in [0.15, 0.2) is 5.41 Å². The molecule has 3 aliphatic heterocycles. The van der Waals surface area contributed by atoms with Crippen molar-refractivity contribution in [2.45, 2.75) is 18.8 Å². The monoisotopic (exact) mass is 345 g/mol. The second-order valence-electron chi connectivity index (χ2n) is 6.98. The van der Waals surface area contributed by atoms with Crippen molar-refractivity contribution in [3.05, 3.63) is 58.2 Å². The third-order valence-electron chi connectivity index (χ3n) is 5.86. The molecular formula is C20H16FN5. The summed E-state index contributed by atoms with van der Waals surface area (Å²) in [7, 11) is 0. The number of hydrogen-bond donors (Lipinski definition) is 1. The molecule has 1 aliphatic carbocycles. The lowest BCUT2D eigenvalue weighted by atomic mass is 9.60. The Morgan fingerprint density at radius 1 is 1.08 bits per heavy atom. The van der Waals surface area contributed by atoms with Crippen molar-refractivity contribution in [2.75, 3.05) is 13.1 Å². The lowest BCUT2D eigenvalue weighted by Gasteiger charge is -2.51. The quantitative estimate of drug-likeness (QED) is 0.843. The van der Waals surface area contributed by atoms with Gasteiger partial charge in [0.1, 0.15) is 11.9 Å². The lowest BCUT2D eigenvalue weighted by Crippen LogP contribution is -2.49. The molecule has 0 amide bonds. The summed E-state index contributed by atoms with van der Waals surface area (Å²) in [5, 5.41) is 29.7. The Balaban J connectivity index is 2.06. The van der Waals surface area contributed by atoms with E-state index in [9.17, 15) is 20.2 Å². The molecule has 5 rings (SSSR count). The number of benzene rings is 1. The highest BCUT2D eigenvalue weighted by Gasteiger charge is 2.55. The first kappa shape index (κ1) is 16.2. The summed E-state index contributed by atoms with van der Waals surface area (Å²) in [6.45, 7) is 1.65. The van der Waals surface area contributed by atoms with Crippen LogP contribution in [-0.4, -0.2) is 18.0 Å². The van der Waals surface area contributed by atoms with Crippen molar-refractivity contribution in [2.24, 2.45) is 17.1 Å². The van der Waals surface area contributed by atoms with E-state index in [0.29, 0.717) is 5.56 Å². The van der Waals surface area contributed by atoms with Gasteiger partial charge < -0.3 is 10.6 Å². The fourth-order valence-electron chi connectivity index (χ4n) is 4.62. The van der Waals surface area contributed by atoms with E-state index in [1.807, 2.05) is 0 Å².